The number of aryl methyl sites for hydroxylation is 2. The van der Waals surface area contributed by atoms with Gasteiger partial charge in [-0.15, -0.1) is 0 Å². The van der Waals surface area contributed by atoms with E-state index in [1.165, 1.54) is 10.5 Å². The molecule has 2 aromatic rings. The molecule has 0 unspecified atom stereocenters. The molecule has 0 atom stereocenters. The molecule has 2 fully saturated rings. The molecule has 9 nitrogen and oxygen atoms in total. The van der Waals surface area contributed by atoms with Crippen molar-refractivity contribution < 1.29 is 13.2 Å². The summed E-state index contributed by atoms with van der Waals surface area (Å²) in [5, 5.41) is 0.674. The van der Waals surface area contributed by atoms with Gasteiger partial charge in [0, 0.05) is 64.6 Å². The van der Waals surface area contributed by atoms with E-state index in [9.17, 15) is 13.2 Å². The molecule has 2 aliphatic rings. The number of carbonyl (C=O) groups is 1. The molecule has 0 saturated carbocycles. The molecule has 1 amide bonds. The van der Waals surface area contributed by atoms with Crippen LogP contribution < -0.4 is 4.90 Å². The van der Waals surface area contributed by atoms with Gasteiger partial charge in [-0.25, -0.2) is 18.4 Å². The lowest BCUT2D eigenvalue weighted by molar-refractivity contribution is -0.137. The molecule has 0 radical (unpaired) electrons. The fraction of sp³-hybridized carbons (Fsp3) is 0.550. The van der Waals surface area contributed by atoms with Gasteiger partial charge in [0.1, 0.15) is 11.6 Å². The lowest BCUT2D eigenvalue weighted by atomic mass is 9.96. The average Bonchev–Trinajstić information content (AvgIpc) is 3.13. The number of piperazine rings is 1. The van der Waals surface area contributed by atoms with Gasteiger partial charge in [-0.05, 0) is 31.9 Å². The smallest absolute Gasteiger partial charge is 0.262 e. The van der Waals surface area contributed by atoms with E-state index >= 15 is 0 Å². The second-order valence-electron chi connectivity index (χ2n) is 8.06. The highest BCUT2D eigenvalue weighted by Crippen LogP contribution is 2.26. The van der Waals surface area contributed by atoms with Crippen LogP contribution in [0.2, 0.25) is 5.02 Å². The van der Waals surface area contributed by atoms with Crippen molar-refractivity contribution in [2.75, 3.05) is 44.2 Å². The van der Waals surface area contributed by atoms with Crippen LogP contribution in [0.4, 0.5) is 5.82 Å². The molecular weight excluding hydrogens is 440 g/mol. The summed E-state index contributed by atoms with van der Waals surface area (Å²) >= 11 is 5.90. The number of hydrogen-bond donors (Lipinski definition) is 0. The van der Waals surface area contributed by atoms with E-state index in [2.05, 4.69) is 14.9 Å². The fourth-order valence-electron chi connectivity index (χ4n) is 4.10. The lowest BCUT2D eigenvalue weighted by Gasteiger charge is -2.38. The molecule has 2 saturated heterocycles. The van der Waals surface area contributed by atoms with Crippen molar-refractivity contribution in [2.45, 2.75) is 24.8 Å². The summed E-state index contributed by atoms with van der Waals surface area (Å²) in [6, 6.07) is 3.70. The third kappa shape index (κ3) is 4.56. The van der Waals surface area contributed by atoms with Gasteiger partial charge in [-0.3, -0.25) is 4.79 Å². The number of piperidine rings is 1. The van der Waals surface area contributed by atoms with Crippen LogP contribution in [0.25, 0.3) is 0 Å². The van der Waals surface area contributed by atoms with E-state index in [0.29, 0.717) is 63.0 Å². The SMILES string of the molecule is Cc1nc(S(=O)(=O)N2CCC(C(=O)N3CCN(c4ccc(Cl)cn4)CC3)CC2)cn1C. The van der Waals surface area contributed by atoms with E-state index in [0.717, 1.165) is 5.82 Å². The van der Waals surface area contributed by atoms with Gasteiger partial charge in [-0.1, -0.05) is 11.6 Å². The van der Waals surface area contributed by atoms with Gasteiger partial charge in [0.25, 0.3) is 10.0 Å². The zero-order valence-corrected chi connectivity index (χ0v) is 19.3. The van der Waals surface area contributed by atoms with E-state index in [1.54, 1.807) is 24.7 Å². The fourth-order valence-corrected chi connectivity index (χ4v) is 5.70. The minimum atomic E-state index is -3.63. The molecule has 2 aromatic heterocycles. The number of imidazole rings is 1. The summed E-state index contributed by atoms with van der Waals surface area (Å²) in [6.45, 7) is 5.14. The quantitative estimate of drug-likeness (QED) is 0.678. The highest BCUT2D eigenvalue weighted by atomic mass is 35.5. The van der Waals surface area contributed by atoms with Crippen molar-refractivity contribution in [3.8, 4) is 0 Å². The summed E-state index contributed by atoms with van der Waals surface area (Å²) in [4.78, 5) is 25.6. The maximum atomic E-state index is 13.0. The number of nitrogens with zero attached hydrogens (tertiary/aromatic N) is 6. The first-order valence-corrected chi connectivity index (χ1v) is 12.2. The Morgan fingerprint density at radius 1 is 1.10 bits per heavy atom. The van der Waals surface area contributed by atoms with E-state index in [1.807, 2.05) is 17.0 Å². The van der Waals surface area contributed by atoms with Crippen LogP contribution >= 0.6 is 11.6 Å². The number of sulfonamides is 1. The number of amides is 1. The van der Waals surface area contributed by atoms with Crippen LogP contribution in [0.1, 0.15) is 18.7 Å². The lowest BCUT2D eigenvalue weighted by Crippen LogP contribution is -2.52. The van der Waals surface area contributed by atoms with Crippen LogP contribution in [-0.2, 0) is 21.9 Å². The Morgan fingerprint density at radius 2 is 1.77 bits per heavy atom. The highest BCUT2D eigenvalue weighted by Gasteiger charge is 2.35. The predicted octanol–water partition coefficient (Wildman–Crippen LogP) is 1.53. The second kappa shape index (κ2) is 8.76. The molecule has 0 aliphatic carbocycles. The summed E-state index contributed by atoms with van der Waals surface area (Å²) < 4.78 is 28.9. The molecule has 0 N–H and O–H groups in total. The summed E-state index contributed by atoms with van der Waals surface area (Å²) in [7, 11) is -1.85. The second-order valence-corrected chi connectivity index (χ2v) is 10.4. The molecular formula is C20H27ClN6O3S. The molecule has 2 aliphatic heterocycles. The van der Waals surface area contributed by atoms with Crippen molar-refractivity contribution in [3.63, 3.8) is 0 Å². The number of anilines is 1. The van der Waals surface area contributed by atoms with Gasteiger partial charge in [-0.2, -0.15) is 4.31 Å². The molecule has 168 valence electrons. The van der Waals surface area contributed by atoms with Crippen LogP contribution in [0.5, 0.6) is 0 Å². The van der Waals surface area contributed by atoms with Crippen LogP contribution in [-0.4, -0.2) is 77.3 Å². The number of aromatic nitrogens is 3. The molecule has 31 heavy (non-hydrogen) atoms. The Hall–Kier alpha value is -2.17. The molecule has 11 heteroatoms. The molecule has 0 spiro atoms. The highest BCUT2D eigenvalue weighted by molar-refractivity contribution is 7.89. The summed E-state index contributed by atoms with van der Waals surface area (Å²) in [6.07, 6.45) is 4.23. The minimum Gasteiger partial charge on any atom is -0.353 e. The largest absolute Gasteiger partial charge is 0.353 e. The third-order valence-corrected chi connectivity index (χ3v) is 8.11. The maximum Gasteiger partial charge on any atom is 0.262 e. The molecule has 4 heterocycles. The maximum absolute atomic E-state index is 13.0. The number of hydrogen-bond acceptors (Lipinski definition) is 6. The predicted molar refractivity (Wildman–Crippen MR) is 117 cm³/mol. The summed E-state index contributed by atoms with van der Waals surface area (Å²) in [5.41, 5.74) is 0. The van der Waals surface area contributed by atoms with E-state index in [-0.39, 0.29) is 16.9 Å². The minimum absolute atomic E-state index is 0.0733. The van der Waals surface area contributed by atoms with Crippen molar-refractivity contribution in [3.05, 3.63) is 35.4 Å². The van der Waals surface area contributed by atoms with Crippen molar-refractivity contribution in [1.82, 2.24) is 23.7 Å². The first-order chi connectivity index (χ1) is 14.8. The van der Waals surface area contributed by atoms with Crippen molar-refractivity contribution in [2.24, 2.45) is 13.0 Å². The Bertz CT molecular complexity index is 1020. The van der Waals surface area contributed by atoms with Crippen molar-refractivity contribution >= 4 is 33.3 Å². The van der Waals surface area contributed by atoms with Crippen LogP contribution in [0, 0.1) is 12.8 Å². The average molecular weight is 467 g/mol. The van der Waals surface area contributed by atoms with Crippen LogP contribution in [0.3, 0.4) is 0 Å². The number of pyridine rings is 1. The standard InChI is InChI=1S/C20H27ClN6O3S/c1-15-23-19(14-24(15)2)31(29,30)27-7-5-16(6-8-27)20(28)26-11-9-25(10-12-26)18-4-3-17(21)13-22-18/h3-4,13-14,16H,5-12H2,1-2H3. The van der Waals surface area contributed by atoms with E-state index < -0.39 is 10.0 Å². The number of halogens is 1. The van der Waals surface area contributed by atoms with Crippen LogP contribution in [0.15, 0.2) is 29.6 Å². The Kier molecular flexibility index (Phi) is 6.23. The normalized spacial score (nSPS) is 19.1. The van der Waals surface area contributed by atoms with E-state index in [4.69, 9.17) is 11.6 Å². The monoisotopic (exact) mass is 466 g/mol. The van der Waals surface area contributed by atoms with Gasteiger partial charge in [0.15, 0.2) is 5.03 Å². The molecule has 0 aromatic carbocycles. The third-order valence-electron chi connectivity index (χ3n) is 6.12. The molecule has 4 rings (SSSR count). The zero-order valence-electron chi connectivity index (χ0n) is 17.7. The number of carbonyl (C=O) groups excluding carboxylic acids is 1. The van der Waals surface area contributed by atoms with Gasteiger partial charge in [0.05, 0.1) is 5.02 Å². The Balaban J connectivity index is 1.31. The Labute approximate surface area is 187 Å². The van der Waals surface area contributed by atoms with Crippen molar-refractivity contribution in [1.29, 1.82) is 0 Å². The Morgan fingerprint density at radius 3 is 2.32 bits per heavy atom. The first-order valence-electron chi connectivity index (χ1n) is 10.4. The molecule has 0 bridgehead atoms. The van der Waals surface area contributed by atoms with Gasteiger partial charge >= 0.3 is 0 Å². The van der Waals surface area contributed by atoms with Gasteiger partial charge < -0.3 is 14.4 Å². The first kappa shape index (κ1) is 22.0. The van der Waals surface area contributed by atoms with Gasteiger partial charge in [0.2, 0.25) is 5.91 Å². The number of rotatable bonds is 4. The summed E-state index contributed by atoms with van der Waals surface area (Å²) in [5.74, 6) is 1.49. The topological polar surface area (TPSA) is 91.6 Å². The zero-order chi connectivity index (χ0) is 22.2.